The molecule has 0 radical (unpaired) electrons. The quantitative estimate of drug-likeness (QED) is 0.867. The van der Waals surface area contributed by atoms with Gasteiger partial charge in [0.05, 0.1) is 10.6 Å². The Kier molecular flexibility index (Phi) is 3.33. The van der Waals surface area contributed by atoms with Crippen molar-refractivity contribution in [3.8, 4) is 0 Å². The van der Waals surface area contributed by atoms with Crippen LogP contribution in [0, 0.1) is 5.92 Å². The van der Waals surface area contributed by atoms with E-state index in [1.54, 1.807) is 6.07 Å². The number of benzene rings is 1. The third-order valence-corrected chi connectivity index (χ3v) is 2.97. The fraction of sp³-hybridized carbons (Fsp3) is 0.333. The number of carbonyl (C=O) groups is 2. The van der Waals surface area contributed by atoms with E-state index in [0.29, 0.717) is 18.0 Å². The molecule has 0 heterocycles. The van der Waals surface area contributed by atoms with Crippen molar-refractivity contribution in [2.75, 3.05) is 5.32 Å². The minimum atomic E-state index is -1.08. The van der Waals surface area contributed by atoms with E-state index in [1.807, 2.05) is 0 Å². The number of carbonyl (C=O) groups excluding carboxylic acids is 1. The Morgan fingerprint density at radius 1 is 1.41 bits per heavy atom. The van der Waals surface area contributed by atoms with Crippen LogP contribution in [0.2, 0.25) is 5.02 Å². The standard InChI is InChI=1S/C12H12ClNO3/c13-10-6-8(3-4-9(10)12(16)17)14-11(15)5-7-1-2-7/h3-4,6-7H,1-2,5H2,(H,14,15)(H,16,17). The normalized spacial score (nSPS) is 14.4. The second-order valence-corrected chi connectivity index (χ2v) is 4.60. The van der Waals surface area contributed by atoms with Crippen molar-refractivity contribution in [3.05, 3.63) is 28.8 Å². The smallest absolute Gasteiger partial charge is 0.337 e. The van der Waals surface area contributed by atoms with E-state index in [2.05, 4.69) is 5.32 Å². The zero-order valence-corrected chi connectivity index (χ0v) is 9.83. The Morgan fingerprint density at radius 3 is 2.65 bits per heavy atom. The first kappa shape index (κ1) is 11.9. The van der Waals surface area contributed by atoms with Crippen LogP contribution in [-0.4, -0.2) is 17.0 Å². The molecular formula is C12H12ClNO3. The van der Waals surface area contributed by atoms with Crippen molar-refractivity contribution < 1.29 is 14.7 Å². The average molecular weight is 254 g/mol. The monoisotopic (exact) mass is 253 g/mol. The molecule has 1 saturated carbocycles. The fourth-order valence-corrected chi connectivity index (χ4v) is 1.82. The number of hydrogen-bond donors (Lipinski definition) is 2. The lowest BCUT2D eigenvalue weighted by Gasteiger charge is -2.06. The van der Waals surface area contributed by atoms with Crippen LogP contribution in [0.3, 0.4) is 0 Å². The van der Waals surface area contributed by atoms with E-state index in [0.717, 1.165) is 12.8 Å². The maximum atomic E-state index is 11.5. The summed E-state index contributed by atoms with van der Waals surface area (Å²) in [4.78, 5) is 22.3. The largest absolute Gasteiger partial charge is 0.478 e. The van der Waals surface area contributed by atoms with Crippen LogP contribution in [0.5, 0.6) is 0 Å². The second-order valence-electron chi connectivity index (χ2n) is 4.20. The summed E-state index contributed by atoms with van der Waals surface area (Å²) in [7, 11) is 0. The molecule has 0 spiro atoms. The Labute approximate surface area is 104 Å². The minimum Gasteiger partial charge on any atom is -0.478 e. The molecule has 1 aromatic carbocycles. The van der Waals surface area contributed by atoms with Gasteiger partial charge < -0.3 is 10.4 Å². The molecule has 1 aliphatic rings. The van der Waals surface area contributed by atoms with Gasteiger partial charge in [-0.15, -0.1) is 0 Å². The van der Waals surface area contributed by atoms with Gasteiger partial charge >= 0.3 is 5.97 Å². The van der Waals surface area contributed by atoms with E-state index >= 15 is 0 Å². The highest BCUT2D eigenvalue weighted by molar-refractivity contribution is 6.33. The Balaban J connectivity index is 2.03. The number of nitrogens with one attached hydrogen (secondary N) is 1. The van der Waals surface area contributed by atoms with E-state index in [9.17, 15) is 9.59 Å². The van der Waals surface area contributed by atoms with Crippen LogP contribution < -0.4 is 5.32 Å². The highest BCUT2D eigenvalue weighted by Crippen LogP contribution is 2.32. The second kappa shape index (κ2) is 4.75. The zero-order chi connectivity index (χ0) is 12.4. The molecule has 0 unspecified atom stereocenters. The summed E-state index contributed by atoms with van der Waals surface area (Å²) in [5.41, 5.74) is 0.567. The fourth-order valence-electron chi connectivity index (χ4n) is 1.56. The summed E-state index contributed by atoms with van der Waals surface area (Å²) in [6, 6.07) is 4.38. The van der Waals surface area contributed by atoms with Crippen LogP contribution in [0.1, 0.15) is 29.6 Å². The molecule has 17 heavy (non-hydrogen) atoms. The van der Waals surface area contributed by atoms with Crippen LogP contribution >= 0.6 is 11.6 Å². The van der Waals surface area contributed by atoms with Gasteiger partial charge in [-0.1, -0.05) is 11.6 Å². The van der Waals surface area contributed by atoms with Gasteiger partial charge in [0, 0.05) is 12.1 Å². The summed E-state index contributed by atoms with van der Waals surface area (Å²) in [5, 5.41) is 11.6. The van der Waals surface area contributed by atoms with Gasteiger partial charge in [0.25, 0.3) is 0 Å². The number of amides is 1. The van der Waals surface area contributed by atoms with E-state index < -0.39 is 5.97 Å². The van der Waals surface area contributed by atoms with Gasteiger partial charge in [-0.2, -0.15) is 0 Å². The van der Waals surface area contributed by atoms with E-state index in [-0.39, 0.29) is 16.5 Å². The summed E-state index contributed by atoms with van der Waals surface area (Å²) in [5.74, 6) is -0.610. The number of hydrogen-bond acceptors (Lipinski definition) is 2. The van der Waals surface area contributed by atoms with Crippen LogP contribution in [0.25, 0.3) is 0 Å². The lowest BCUT2D eigenvalue weighted by atomic mass is 10.2. The van der Waals surface area contributed by atoms with Crippen molar-refractivity contribution in [1.29, 1.82) is 0 Å². The van der Waals surface area contributed by atoms with Gasteiger partial charge in [0.15, 0.2) is 0 Å². The summed E-state index contributed by atoms with van der Waals surface area (Å²) in [6.45, 7) is 0. The van der Waals surface area contributed by atoms with Crippen molar-refractivity contribution in [3.63, 3.8) is 0 Å². The lowest BCUT2D eigenvalue weighted by Crippen LogP contribution is -2.12. The summed E-state index contributed by atoms with van der Waals surface area (Å²) < 4.78 is 0. The molecule has 0 atom stereocenters. The number of carboxylic acids is 1. The van der Waals surface area contributed by atoms with Crippen LogP contribution in [-0.2, 0) is 4.79 Å². The molecular weight excluding hydrogens is 242 g/mol. The molecule has 0 aliphatic heterocycles. The first-order valence-electron chi connectivity index (χ1n) is 5.39. The Bertz CT molecular complexity index is 469. The van der Waals surface area contributed by atoms with Crippen LogP contribution in [0.15, 0.2) is 18.2 Å². The molecule has 0 saturated heterocycles. The van der Waals surface area contributed by atoms with Gasteiger partial charge in [-0.3, -0.25) is 4.79 Å². The summed E-state index contributed by atoms with van der Waals surface area (Å²) >= 11 is 5.79. The van der Waals surface area contributed by atoms with Crippen molar-refractivity contribution in [2.45, 2.75) is 19.3 Å². The number of rotatable bonds is 4. The maximum absolute atomic E-state index is 11.5. The third-order valence-electron chi connectivity index (χ3n) is 2.65. The average Bonchev–Trinajstić information content (AvgIpc) is 3.00. The maximum Gasteiger partial charge on any atom is 0.337 e. The summed E-state index contributed by atoms with van der Waals surface area (Å²) in [6.07, 6.45) is 2.76. The van der Waals surface area contributed by atoms with Crippen molar-refractivity contribution in [2.24, 2.45) is 5.92 Å². The SMILES string of the molecule is O=C(CC1CC1)Nc1ccc(C(=O)O)c(Cl)c1. The molecule has 1 fully saturated rings. The third kappa shape index (κ3) is 3.20. The molecule has 1 aromatic rings. The first-order chi connectivity index (χ1) is 8.06. The predicted molar refractivity (Wildman–Crippen MR) is 64.4 cm³/mol. The van der Waals surface area contributed by atoms with Crippen molar-refractivity contribution in [1.82, 2.24) is 0 Å². The first-order valence-corrected chi connectivity index (χ1v) is 5.77. The number of carboxylic acid groups (broad SMARTS) is 1. The van der Waals surface area contributed by atoms with E-state index in [4.69, 9.17) is 16.7 Å². The van der Waals surface area contributed by atoms with Gasteiger partial charge in [-0.25, -0.2) is 4.79 Å². The van der Waals surface area contributed by atoms with Gasteiger partial charge in [-0.05, 0) is 37.0 Å². The topological polar surface area (TPSA) is 66.4 Å². The minimum absolute atomic E-state index is 0.0341. The Morgan fingerprint density at radius 2 is 2.12 bits per heavy atom. The highest BCUT2D eigenvalue weighted by Gasteiger charge is 2.24. The molecule has 0 bridgehead atoms. The molecule has 1 aliphatic carbocycles. The molecule has 2 N–H and O–H groups in total. The van der Waals surface area contributed by atoms with Crippen molar-refractivity contribution >= 4 is 29.2 Å². The van der Waals surface area contributed by atoms with E-state index in [1.165, 1.54) is 12.1 Å². The van der Waals surface area contributed by atoms with Gasteiger partial charge in [0.1, 0.15) is 0 Å². The molecule has 1 amide bonds. The molecule has 4 nitrogen and oxygen atoms in total. The molecule has 2 rings (SSSR count). The van der Waals surface area contributed by atoms with Gasteiger partial charge in [0.2, 0.25) is 5.91 Å². The molecule has 5 heteroatoms. The number of halogens is 1. The zero-order valence-electron chi connectivity index (χ0n) is 9.07. The Hall–Kier alpha value is -1.55. The molecule has 90 valence electrons. The predicted octanol–water partition coefficient (Wildman–Crippen LogP) is 2.78. The molecule has 0 aromatic heterocycles. The number of anilines is 1. The van der Waals surface area contributed by atoms with Crippen LogP contribution in [0.4, 0.5) is 5.69 Å². The number of aromatic carboxylic acids is 1. The lowest BCUT2D eigenvalue weighted by molar-refractivity contribution is -0.116. The highest BCUT2D eigenvalue weighted by atomic mass is 35.5.